The molecule has 0 aliphatic rings. The Morgan fingerprint density at radius 3 is 2.86 bits per heavy atom. The molecular formula is C10H11N3O. The lowest BCUT2D eigenvalue weighted by Gasteiger charge is -2.03. The summed E-state index contributed by atoms with van der Waals surface area (Å²) in [5.41, 5.74) is 1.85. The maximum atomic E-state index is 5.15. The van der Waals surface area contributed by atoms with Crippen molar-refractivity contribution in [3.63, 3.8) is 0 Å². The summed E-state index contributed by atoms with van der Waals surface area (Å²) >= 11 is 0. The molecule has 0 radical (unpaired) electrons. The van der Waals surface area contributed by atoms with Gasteiger partial charge in [-0.05, 0) is 19.1 Å². The summed E-state index contributed by atoms with van der Waals surface area (Å²) in [4.78, 5) is 11.4. The average Bonchev–Trinajstić information content (AvgIpc) is 2.65. The fourth-order valence-electron chi connectivity index (χ4n) is 1.32. The molecule has 0 aromatic carbocycles. The number of methoxy groups -OCH3 is 1. The highest BCUT2D eigenvalue weighted by molar-refractivity contribution is 5.64. The number of rotatable bonds is 2. The molecule has 2 rings (SSSR count). The number of pyridine rings is 1. The Hall–Kier alpha value is -1.84. The Bertz CT molecular complexity index is 436. The zero-order chi connectivity index (χ0) is 9.97. The monoisotopic (exact) mass is 189 g/mol. The number of H-pyrrole nitrogens is 1. The van der Waals surface area contributed by atoms with Gasteiger partial charge >= 0.3 is 0 Å². The molecule has 0 saturated carbocycles. The third kappa shape index (κ3) is 1.46. The number of hydrogen-bond donors (Lipinski definition) is 1. The average molecular weight is 189 g/mol. The number of hydrogen-bond acceptors (Lipinski definition) is 3. The van der Waals surface area contributed by atoms with Gasteiger partial charge in [-0.3, -0.25) is 0 Å². The predicted octanol–water partition coefficient (Wildman–Crippen LogP) is 1.79. The standard InChI is InChI=1S/C10H11N3O/c1-7-12-6-9(13-7)8-4-3-5-11-10(8)14-2/h3-6H,1-2H3,(H,12,13). The minimum absolute atomic E-state index is 0.608. The summed E-state index contributed by atoms with van der Waals surface area (Å²) in [5, 5.41) is 0. The van der Waals surface area contributed by atoms with E-state index in [9.17, 15) is 0 Å². The molecule has 72 valence electrons. The number of aryl methyl sites for hydroxylation is 1. The van der Waals surface area contributed by atoms with Crippen molar-refractivity contribution >= 4 is 0 Å². The van der Waals surface area contributed by atoms with Crippen LogP contribution >= 0.6 is 0 Å². The van der Waals surface area contributed by atoms with E-state index in [1.807, 2.05) is 19.1 Å². The normalized spacial score (nSPS) is 10.1. The Balaban J connectivity index is 2.50. The van der Waals surface area contributed by atoms with E-state index in [1.165, 1.54) is 0 Å². The summed E-state index contributed by atoms with van der Waals surface area (Å²) in [7, 11) is 1.61. The molecule has 0 bridgehead atoms. The topological polar surface area (TPSA) is 50.8 Å². The van der Waals surface area contributed by atoms with Gasteiger partial charge in [0, 0.05) is 6.20 Å². The molecule has 0 saturated heterocycles. The first-order valence-corrected chi connectivity index (χ1v) is 4.32. The van der Waals surface area contributed by atoms with E-state index >= 15 is 0 Å². The number of nitrogens with zero attached hydrogens (tertiary/aromatic N) is 2. The fraction of sp³-hybridized carbons (Fsp3) is 0.200. The SMILES string of the molecule is COc1ncccc1-c1cnc(C)[nH]1. The van der Waals surface area contributed by atoms with Gasteiger partial charge in [0.05, 0.1) is 24.6 Å². The molecule has 2 aromatic heterocycles. The quantitative estimate of drug-likeness (QED) is 0.783. The highest BCUT2D eigenvalue weighted by Crippen LogP contribution is 2.25. The van der Waals surface area contributed by atoms with E-state index in [0.29, 0.717) is 5.88 Å². The van der Waals surface area contributed by atoms with Crippen LogP contribution in [0.15, 0.2) is 24.5 Å². The van der Waals surface area contributed by atoms with Crippen LogP contribution < -0.4 is 4.74 Å². The summed E-state index contributed by atoms with van der Waals surface area (Å²) in [6.45, 7) is 1.91. The van der Waals surface area contributed by atoms with Crippen LogP contribution in [0.1, 0.15) is 5.82 Å². The van der Waals surface area contributed by atoms with E-state index in [-0.39, 0.29) is 0 Å². The van der Waals surface area contributed by atoms with Crippen molar-refractivity contribution < 1.29 is 4.74 Å². The Morgan fingerprint density at radius 2 is 2.21 bits per heavy atom. The second-order valence-electron chi connectivity index (χ2n) is 2.94. The first-order chi connectivity index (χ1) is 6.81. The predicted molar refractivity (Wildman–Crippen MR) is 53.1 cm³/mol. The molecule has 14 heavy (non-hydrogen) atoms. The maximum Gasteiger partial charge on any atom is 0.222 e. The van der Waals surface area contributed by atoms with Crippen LogP contribution in [0.25, 0.3) is 11.3 Å². The van der Waals surface area contributed by atoms with Gasteiger partial charge in [-0.1, -0.05) is 0 Å². The van der Waals surface area contributed by atoms with Crippen LogP contribution in [-0.2, 0) is 0 Å². The van der Waals surface area contributed by atoms with Crippen LogP contribution in [0.3, 0.4) is 0 Å². The van der Waals surface area contributed by atoms with E-state index in [0.717, 1.165) is 17.1 Å². The zero-order valence-corrected chi connectivity index (χ0v) is 8.11. The smallest absolute Gasteiger partial charge is 0.222 e. The number of aromatic amines is 1. The Labute approximate surface area is 82.0 Å². The largest absolute Gasteiger partial charge is 0.481 e. The van der Waals surface area contributed by atoms with E-state index in [1.54, 1.807) is 19.5 Å². The molecule has 1 N–H and O–H groups in total. The van der Waals surface area contributed by atoms with Gasteiger partial charge < -0.3 is 9.72 Å². The molecule has 0 fully saturated rings. The van der Waals surface area contributed by atoms with Crippen molar-refractivity contribution in [1.82, 2.24) is 15.0 Å². The number of imidazole rings is 1. The Kier molecular flexibility index (Phi) is 2.18. The summed E-state index contributed by atoms with van der Waals surface area (Å²) in [5.74, 6) is 1.49. The van der Waals surface area contributed by atoms with Gasteiger partial charge in [-0.2, -0.15) is 0 Å². The third-order valence-electron chi connectivity index (χ3n) is 1.96. The molecule has 4 nitrogen and oxygen atoms in total. The van der Waals surface area contributed by atoms with E-state index < -0.39 is 0 Å². The molecule has 0 amide bonds. The van der Waals surface area contributed by atoms with Crippen LogP contribution in [-0.4, -0.2) is 22.1 Å². The van der Waals surface area contributed by atoms with Crippen LogP contribution in [0.5, 0.6) is 5.88 Å². The Morgan fingerprint density at radius 1 is 1.36 bits per heavy atom. The second-order valence-corrected chi connectivity index (χ2v) is 2.94. The molecular weight excluding hydrogens is 178 g/mol. The van der Waals surface area contributed by atoms with Crippen molar-refractivity contribution in [2.24, 2.45) is 0 Å². The lowest BCUT2D eigenvalue weighted by molar-refractivity contribution is 0.399. The summed E-state index contributed by atoms with van der Waals surface area (Å²) in [6, 6.07) is 3.81. The summed E-state index contributed by atoms with van der Waals surface area (Å²) < 4.78 is 5.15. The number of aromatic nitrogens is 3. The zero-order valence-electron chi connectivity index (χ0n) is 8.11. The molecule has 0 aliphatic carbocycles. The van der Waals surface area contributed by atoms with Gasteiger partial charge in [0.25, 0.3) is 0 Å². The second kappa shape index (κ2) is 3.49. The third-order valence-corrected chi connectivity index (χ3v) is 1.96. The van der Waals surface area contributed by atoms with Gasteiger partial charge in [-0.15, -0.1) is 0 Å². The van der Waals surface area contributed by atoms with Gasteiger partial charge in [0.2, 0.25) is 5.88 Å². The first-order valence-electron chi connectivity index (χ1n) is 4.32. The van der Waals surface area contributed by atoms with E-state index in [2.05, 4.69) is 15.0 Å². The molecule has 0 aliphatic heterocycles. The van der Waals surface area contributed by atoms with E-state index in [4.69, 9.17) is 4.74 Å². The first kappa shape index (κ1) is 8.74. The molecule has 2 heterocycles. The lowest BCUT2D eigenvalue weighted by Crippen LogP contribution is -1.90. The number of nitrogens with one attached hydrogen (secondary N) is 1. The molecule has 0 spiro atoms. The van der Waals surface area contributed by atoms with Crippen molar-refractivity contribution in [3.8, 4) is 17.1 Å². The summed E-state index contributed by atoms with van der Waals surface area (Å²) in [6.07, 6.45) is 3.47. The molecule has 0 unspecified atom stereocenters. The van der Waals surface area contributed by atoms with Crippen molar-refractivity contribution in [2.45, 2.75) is 6.92 Å². The van der Waals surface area contributed by atoms with Gasteiger partial charge in [0.15, 0.2) is 0 Å². The van der Waals surface area contributed by atoms with Crippen molar-refractivity contribution in [1.29, 1.82) is 0 Å². The van der Waals surface area contributed by atoms with Crippen molar-refractivity contribution in [2.75, 3.05) is 7.11 Å². The highest BCUT2D eigenvalue weighted by Gasteiger charge is 2.07. The fourth-order valence-corrected chi connectivity index (χ4v) is 1.32. The van der Waals surface area contributed by atoms with Crippen LogP contribution in [0.2, 0.25) is 0 Å². The van der Waals surface area contributed by atoms with Crippen molar-refractivity contribution in [3.05, 3.63) is 30.4 Å². The molecule has 0 atom stereocenters. The molecule has 2 aromatic rings. The minimum Gasteiger partial charge on any atom is -0.481 e. The van der Waals surface area contributed by atoms with Gasteiger partial charge in [-0.25, -0.2) is 9.97 Å². The van der Waals surface area contributed by atoms with Crippen LogP contribution in [0.4, 0.5) is 0 Å². The van der Waals surface area contributed by atoms with Gasteiger partial charge in [0.1, 0.15) is 5.82 Å². The molecule has 4 heteroatoms. The number of ether oxygens (including phenoxy) is 1. The minimum atomic E-state index is 0.608. The lowest BCUT2D eigenvalue weighted by atomic mass is 10.2. The highest BCUT2D eigenvalue weighted by atomic mass is 16.5. The van der Waals surface area contributed by atoms with Crippen LogP contribution in [0, 0.1) is 6.92 Å². The maximum absolute atomic E-state index is 5.15.